The molecule has 0 aliphatic carbocycles. The molecule has 2 aromatic carbocycles. The van der Waals surface area contributed by atoms with Crippen molar-refractivity contribution in [3.8, 4) is 23.3 Å². The summed E-state index contributed by atoms with van der Waals surface area (Å²) < 4.78 is 10.6. The molecule has 0 bridgehead atoms. The van der Waals surface area contributed by atoms with E-state index in [0.29, 0.717) is 17.1 Å². The van der Waals surface area contributed by atoms with E-state index in [-0.39, 0.29) is 12.5 Å². The van der Waals surface area contributed by atoms with Gasteiger partial charge < -0.3 is 14.6 Å². The number of fused-ring (bicyclic) bond motifs is 1. The third-order valence-corrected chi connectivity index (χ3v) is 3.01. The Labute approximate surface area is 116 Å². The summed E-state index contributed by atoms with van der Waals surface area (Å²) in [7, 11) is 0. The number of hydrogen-bond donors (Lipinski definition) is 1. The molecule has 4 nitrogen and oxygen atoms in total. The molecule has 0 fully saturated rings. The monoisotopic (exact) mass is 265 g/mol. The van der Waals surface area contributed by atoms with E-state index in [1.807, 2.05) is 6.07 Å². The van der Waals surface area contributed by atoms with Crippen LogP contribution in [0, 0.1) is 11.3 Å². The van der Waals surface area contributed by atoms with Gasteiger partial charge in [0.25, 0.3) is 0 Å². The lowest BCUT2D eigenvalue weighted by molar-refractivity contribution is 0.174. The summed E-state index contributed by atoms with van der Waals surface area (Å²) in [5, 5.41) is 18.6. The molecule has 3 rings (SSSR count). The van der Waals surface area contributed by atoms with Crippen molar-refractivity contribution < 1.29 is 14.6 Å². The van der Waals surface area contributed by atoms with Gasteiger partial charge in [0, 0.05) is 0 Å². The largest absolute Gasteiger partial charge is 0.508 e. The van der Waals surface area contributed by atoms with E-state index in [1.165, 1.54) is 0 Å². The maximum atomic E-state index is 9.30. The van der Waals surface area contributed by atoms with Gasteiger partial charge in [-0.25, -0.2) is 0 Å². The van der Waals surface area contributed by atoms with E-state index < -0.39 is 0 Å². The number of aromatic hydroxyl groups is 1. The molecule has 1 aliphatic rings. The zero-order chi connectivity index (χ0) is 13.9. The van der Waals surface area contributed by atoms with E-state index in [2.05, 4.69) is 6.07 Å². The predicted octanol–water partition coefficient (Wildman–Crippen LogP) is 3.19. The molecule has 0 amide bonds. The second kappa shape index (κ2) is 4.98. The molecule has 0 saturated heterocycles. The molecular formula is C16H11NO3. The van der Waals surface area contributed by atoms with Crippen molar-refractivity contribution in [1.29, 1.82) is 5.26 Å². The van der Waals surface area contributed by atoms with Gasteiger partial charge in [0.2, 0.25) is 6.79 Å². The van der Waals surface area contributed by atoms with Gasteiger partial charge in [-0.1, -0.05) is 12.1 Å². The summed E-state index contributed by atoms with van der Waals surface area (Å²) in [6.45, 7) is 0.211. The van der Waals surface area contributed by atoms with Crippen molar-refractivity contribution in [3.05, 3.63) is 53.6 Å². The molecule has 4 heteroatoms. The van der Waals surface area contributed by atoms with Crippen LogP contribution in [0.4, 0.5) is 0 Å². The third-order valence-electron chi connectivity index (χ3n) is 3.01. The molecule has 0 unspecified atom stereocenters. The normalized spacial score (nSPS) is 13.1. The second-order valence-corrected chi connectivity index (χ2v) is 4.33. The highest BCUT2D eigenvalue weighted by molar-refractivity contribution is 5.90. The van der Waals surface area contributed by atoms with E-state index in [0.717, 1.165) is 11.1 Å². The topological polar surface area (TPSA) is 62.5 Å². The molecule has 1 aliphatic heterocycles. The highest BCUT2D eigenvalue weighted by Crippen LogP contribution is 2.34. The molecule has 0 aromatic heterocycles. The maximum absolute atomic E-state index is 9.30. The average Bonchev–Trinajstić information content (AvgIpc) is 2.94. The van der Waals surface area contributed by atoms with Crippen molar-refractivity contribution in [3.63, 3.8) is 0 Å². The lowest BCUT2D eigenvalue weighted by atomic mass is 10.0. The highest BCUT2D eigenvalue weighted by Gasteiger charge is 2.14. The molecule has 1 N–H and O–H groups in total. The molecule has 20 heavy (non-hydrogen) atoms. The number of nitrogens with zero attached hydrogens (tertiary/aromatic N) is 1. The number of allylic oxidation sites excluding steroid dienone is 1. The standard InChI is InChI=1S/C16H11NO3/c17-9-13(7-11-1-4-14(18)5-2-11)12-3-6-15-16(8-12)20-10-19-15/h1-8,18H,10H2/b13-7-. The minimum atomic E-state index is 0.198. The van der Waals surface area contributed by atoms with Crippen LogP contribution in [-0.2, 0) is 0 Å². The van der Waals surface area contributed by atoms with Crippen molar-refractivity contribution in [2.75, 3.05) is 6.79 Å². The molecule has 0 radical (unpaired) electrons. The van der Waals surface area contributed by atoms with Crippen LogP contribution in [0.25, 0.3) is 11.6 Å². The first-order chi connectivity index (χ1) is 9.76. The van der Waals surface area contributed by atoms with Crippen LogP contribution in [0.2, 0.25) is 0 Å². The number of nitriles is 1. The van der Waals surface area contributed by atoms with Crippen LogP contribution in [-0.4, -0.2) is 11.9 Å². The number of phenols is 1. The predicted molar refractivity (Wildman–Crippen MR) is 74.2 cm³/mol. The van der Waals surface area contributed by atoms with Crippen LogP contribution < -0.4 is 9.47 Å². The Morgan fingerprint density at radius 1 is 1.10 bits per heavy atom. The molecule has 0 saturated carbocycles. The lowest BCUT2D eigenvalue weighted by Gasteiger charge is -2.02. The second-order valence-electron chi connectivity index (χ2n) is 4.33. The van der Waals surface area contributed by atoms with E-state index in [1.54, 1.807) is 42.5 Å². The van der Waals surface area contributed by atoms with Crippen LogP contribution in [0.15, 0.2) is 42.5 Å². The fraction of sp³-hybridized carbons (Fsp3) is 0.0625. The van der Waals surface area contributed by atoms with Gasteiger partial charge >= 0.3 is 0 Å². The van der Waals surface area contributed by atoms with Crippen molar-refractivity contribution in [2.24, 2.45) is 0 Å². The average molecular weight is 265 g/mol. The molecule has 98 valence electrons. The minimum Gasteiger partial charge on any atom is -0.508 e. The summed E-state index contributed by atoms with van der Waals surface area (Å²) in [6, 6.07) is 14.2. The fourth-order valence-corrected chi connectivity index (χ4v) is 1.98. The fourth-order valence-electron chi connectivity index (χ4n) is 1.98. The number of hydrogen-bond acceptors (Lipinski definition) is 4. The first-order valence-electron chi connectivity index (χ1n) is 6.07. The number of ether oxygens (including phenoxy) is 2. The summed E-state index contributed by atoms with van der Waals surface area (Å²) in [5.41, 5.74) is 2.14. The SMILES string of the molecule is N#C/C(=C/c1ccc(O)cc1)c1ccc2c(c1)OCO2. The Kier molecular flexibility index (Phi) is 3.02. The molecule has 0 spiro atoms. The Morgan fingerprint density at radius 2 is 1.85 bits per heavy atom. The van der Waals surface area contributed by atoms with Gasteiger partial charge in [-0.2, -0.15) is 5.26 Å². The zero-order valence-electron chi connectivity index (χ0n) is 10.5. The van der Waals surface area contributed by atoms with E-state index in [9.17, 15) is 10.4 Å². The summed E-state index contributed by atoms with van der Waals surface area (Å²) in [6.07, 6.45) is 1.76. The zero-order valence-corrected chi connectivity index (χ0v) is 10.5. The van der Waals surface area contributed by atoms with Gasteiger partial charge in [0.05, 0.1) is 11.6 Å². The summed E-state index contributed by atoms with van der Waals surface area (Å²) in [4.78, 5) is 0. The molecule has 0 atom stereocenters. The third kappa shape index (κ3) is 2.29. The minimum absolute atomic E-state index is 0.198. The van der Waals surface area contributed by atoms with E-state index >= 15 is 0 Å². The lowest BCUT2D eigenvalue weighted by Crippen LogP contribution is -1.92. The number of rotatable bonds is 2. The maximum Gasteiger partial charge on any atom is 0.231 e. The first kappa shape index (κ1) is 12.1. The quantitative estimate of drug-likeness (QED) is 0.669. The van der Waals surface area contributed by atoms with Crippen LogP contribution in [0.1, 0.15) is 11.1 Å². The first-order valence-corrected chi connectivity index (χ1v) is 6.07. The highest BCUT2D eigenvalue weighted by atomic mass is 16.7. The van der Waals surface area contributed by atoms with Crippen LogP contribution >= 0.6 is 0 Å². The Morgan fingerprint density at radius 3 is 2.60 bits per heavy atom. The molecule has 2 aromatic rings. The van der Waals surface area contributed by atoms with Gasteiger partial charge in [-0.15, -0.1) is 0 Å². The molecule has 1 heterocycles. The van der Waals surface area contributed by atoms with Crippen LogP contribution in [0.5, 0.6) is 17.2 Å². The van der Waals surface area contributed by atoms with Gasteiger partial charge in [0.15, 0.2) is 11.5 Å². The van der Waals surface area contributed by atoms with Gasteiger partial charge in [-0.05, 0) is 47.5 Å². The smallest absolute Gasteiger partial charge is 0.231 e. The van der Waals surface area contributed by atoms with Gasteiger partial charge in [0.1, 0.15) is 5.75 Å². The van der Waals surface area contributed by atoms with Crippen LogP contribution in [0.3, 0.4) is 0 Å². The van der Waals surface area contributed by atoms with Gasteiger partial charge in [-0.3, -0.25) is 0 Å². The molecular weight excluding hydrogens is 254 g/mol. The Bertz CT molecular complexity index is 711. The number of phenolic OH excluding ortho intramolecular Hbond substituents is 1. The number of benzene rings is 2. The summed E-state index contributed by atoms with van der Waals surface area (Å²) in [5.74, 6) is 1.54. The Hall–Kier alpha value is -2.93. The van der Waals surface area contributed by atoms with Crippen molar-refractivity contribution in [1.82, 2.24) is 0 Å². The van der Waals surface area contributed by atoms with Crippen molar-refractivity contribution >= 4 is 11.6 Å². The van der Waals surface area contributed by atoms with E-state index in [4.69, 9.17) is 9.47 Å². The van der Waals surface area contributed by atoms with Crippen molar-refractivity contribution in [2.45, 2.75) is 0 Å². The Balaban J connectivity index is 1.98. The summed E-state index contributed by atoms with van der Waals surface area (Å²) >= 11 is 0.